The van der Waals surface area contributed by atoms with Crippen LogP contribution in [0.15, 0.2) is 30.3 Å². The maximum absolute atomic E-state index is 5.85. The Labute approximate surface area is 123 Å². The number of benzene rings is 1. The van der Waals surface area contributed by atoms with Crippen LogP contribution >= 0.6 is 0 Å². The molecule has 0 heterocycles. The second-order valence-electron chi connectivity index (χ2n) is 6.66. The fraction of sp³-hybridized carbons (Fsp3) is 0.667. The van der Waals surface area contributed by atoms with Gasteiger partial charge in [0.25, 0.3) is 0 Å². The molecule has 1 aromatic carbocycles. The third-order valence-corrected chi connectivity index (χ3v) is 4.67. The molecule has 0 N–H and O–H groups in total. The van der Waals surface area contributed by atoms with Crippen LogP contribution < -0.4 is 0 Å². The maximum atomic E-state index is 5.85. The van der Waals surface area contributed by atoms with E-state index in [1.54, 1.807) is 0 Å². The van der Waals surface area contributed by atoms with E-state index in [1.807, 2.05) is 6.07 Å². The largest absolute Gasteiger partial charge is 0.236 e. The molecule has 2 rings (SSSR count). The van der Waals surface area contributed by atoms with Gasteiger partial charge >= 0.3 is 0 Å². The summed E-state index contributed by atoms with van der Waals surface area (Å²) in [4.78, 5) is 11.5. The lowest BCUT2D eigenvalue weighted by atomic mass is 9.80. The summed E-state index contributed by atoms with van der Waals surface area (Å²) in [6.07, 6.45) is 6.31. The Morgan fingerprint density at radius 2 is 1.80 bits per heavy atom. The molecular formula is C18H28O2. The van der Waals surface area contributed by atoms with Gasteiger partial charge < -0.3 is 0 Å². The normalized spacial score (nSPS) is 18.4. The van der Waals surface area contributed by atoms with Gasteiger partial charge in [-0.15, -0.1) is 0 Å². The number of hydrogen-bond donors (Lipinski definition) is 0. The van der Waals surface area contributed by atoms with Gasteiger partial charge in [-0.25, -0.2) is 9.78 Å². The molecule has 0 radical (unpaired) electrons. The molecule has 0 saturated heterocycles. The number of hydrogen-bond acceptors (Lipinski definition) is 2. The van der Waals surface area contributed by atoms with Gasteiger partial charge in [0.05, 0.1) is 6.61 Å². The second-order valence-corrected chi connectivity index (χ2v) is 6.66. The van der Waals surface area contributed by atoms with E-state index in [1.165, 1.54) is 31.2 Å². The van der Waals surface area contributed by atoms with Crippen molar-refractivity contribution in [2.45, 2.75) is 59.0 Å². The van der Waals surface area contributed by atoms with Gasteiger partial charge in [-0.1, -0.05) is 63.9 Å². The topological polar surface area (TPSA) is 18.5 Å². The quantitative estimate of drug-likeness (QED) is 0.497. The summed E-state index contributed by atoms with van der Waals surface area (Å²) in [6.45, 7) is 7.42. The molecule has 0 aliphatic heterocycles. The van der Waals surface area contributed by atoms with Gasteiger partial charge in [-0.05, 0) is 36.2 Å². The van der Waals surface area contributed by atoms with E-state index < -0.39 is 0 Å². The summed E-state index contributed by atoms with van der Waals surface area (Å²) in [7, 11) is 0. The van der Waals surface area contributed by atoms with Crippen LogP contribution in [0.25, 0.3) is 0 Å². The summed E-state index contributed by atoms with van der Waals surface area (Å²) in [6, 6.07) is 10.4. The average Bonchev–Trinajstić information content (AvgIpc) is 2.97. The van der Waals surface area contributed by atoms with Crippen molar-refractivity contribution in [1.82, 2.24) is 0 Å². The van der Waals surface area contributed by atoms with Gasteiger partial charge in [0.1, 0.15) is 6.10 Å². The first-order valence-electron chi connectivity index (χ1n) is 7.96. The molecule has 1 unspecified atom stereocenters. The molecule has 1 fully saturated rings. The molecule has 2 nitrogen and oxygen atoms in total. The Kier molecular flexibility index (Phi) is 5.62. The van der Waals surface area contributed by atoms with Gasteiger partial charge in [0.15, 0.2) is 0 Å². The molecule has 1 aliphatic carbocycles. The molecule has 1 saturated carbocycles. The van der Waals surface area contributed by atoms with E-state index in [4.69, 9.17) is 9.78 Å². The minimum absolute atomic E-state index is 0.00453. The monoisotopic (exact) mass is 276 g/mol. The zero-order chi connectivity index (χ0) is 14.4. The average molecular weight is 276 g/mol. The highest BCUT2D eigenvalue weighted by atomic mass is 17.2. The lowest BCUT2D eigenvalue weighted by molar-refractivity contribution is -0.351. The van der Waals surface area contributed by atoms with Crippen molar-refractivity contribution in [3.8, 4) is 0 Å². The van der Waals surface area contributed by atoms with E-state index in [2.05, 4.69) is 45.0 Å². The second kappa shape index (κ2) is 7.24. The van der Waals surface area contributed by atoms with Gasteiger partial charge in [0, 0.05) is 0 Å². The van der Waals surface area contributed by atoms with Crippen molar-refractivity contribution in [3.05, 3.63) is 35.9 Å². The van der Waals surface area contributed by atoms with E-state index in [0.29, 0.717) is 5.92 Å². The van der Waals surface area contributed by atoms with Crippen LogP contribution in [0.3, 0.4) is 0 Å². The lowest BCUT2D eigenvalue weighted by Gasteiger charge is -2.32. The Hall–Kier alpha value is -0.860. The fourth-order valence-corrected chi connectivity index (χ4v) is 2.83. The zero-order valence-corrected chi connectivity index (χ0v) is 13.1. The lowest BCUT2D eigenvalue weighted by Crippen LogP contribution is -2.25. The van der Waals surface area contributed by atoms with Crippen molar-refractivity contribution in [2.75, 3.05) is 6.61 Å². The van der Waals surface area contributed by atoms with Gasteiger partial charge in [0.2, 0.25) is 0 Å². The predicted molar refractivity (Wildman–Crippen MR) is 82.3 cm³/mol. The minimum Gasteiger partial charge on any atom is -0.236 e. The zero-order valence-electron chi connectivity index (χ0n) is 13.1. The number of rotatable bonds is 7. The highest BCUT2D eigenvalue weighted by Gasteiger charge is 2.31. The predicted octanol–water partition coefficient (Wildman–Crippen LogP) is 5.30. The molecule has 2 heteroatoms. The molecule has 112 valence electrons. The third kappa shape index (κ3) is 4.07. The molecule has 20 heavy (non-hydrogen) atoms. The van der Waals surface area contributed by atoms with Crippen LogP contribution in [-0.2, 0) is 9.78 Å². The first kappa shape index (κ1) is 15.5. The molecular weight excluding hydrogens is 248 g/mol. The van der Waals surface area contributed by atoms with E-state index in [0.717, 1.165) is 13.0 Å². The molecule has 0 spiro atoms. The fourth-order valence-electron chi connectivity index (χ4n) is 2.83. The van der Waals surface area contributed by atoms with Crippen LogP contribution in [0.4, 0.5) is 0 Å². The van der Waals surface area contributed by atoms with E-state index in [9.17, 15) is 0 Å². The molecule has 0 aromatic heterocycles. The molecule has 1 atom stereocenters. The van der Waals surface area contributed by atoms with Crippen molar-refractivity contribution in [1.29, 1.82) is 0 Å². The first-order chi connectivity index (χ1) is 9.63. The minimum atomic E-state index is -0.00453. The van der Waals surface area contributed by atoms with Crippen LogP contribution in [0.1, 0.15) is 64.5 Å². The van der Waals surface area contributed by atoms with Crippen LogP contribution in [0.5, 0.6) is 0 Å². The Morgan fingerprint density at radius 1 is 1.15 bits per heavy atom. The summed E-state index contributed by atoms with van der Waals surface area (Å²) < 4.78 is 0. The summed E-state index contributed by atoms with van der Waals surface area (Å²) in [5.74, 6) is 0.691. The summed E-state index contributed by atoms with van der Waals surface area (Å²) in [5, 5.41) is 0. The molecule has 0 amide bonds. The molecule has 1 aromatic rings. The van der Waals surface area contributed by atoms with Crippen molar-refractivity contribution in [2.24, 2.45) is 11.3 Å². The molecule has 0 bridgehead atoms. The Balaban J connectivity index is 1.96. The Bertz CT molecular complexity index is 380. The van der Waals surface area contributed by atoms with Crippen LogP contribution in [0.2, 0.25) is 0 Å². The third-order valence-electron chi connectivity index (χ3n) is 4.67. The smallest absolute Gasteiger partial charge is 0.123 e. The van der Waals surface area contributed by atoms with Gasteiger partial charge in [-0.3, -0.25) is 0 Å². The highest BCUT2D eigenvalue weighted by Crippen LogP contribution is 2.39. The SMILES string of the molecule is CCC(C)(C)C(OOCC1CCCC1)c1ccccc1. The van der Waals surface area contributed by atoms with E-state index in [-0.39, 0.29) is 11.5 Å². The summed E-state index contributed by atoms with van der Waals surface area (Å²) in [5.41, 5.74) is 1.27. The standard InChI is InChI=1S/C18H28O2/c1-4-18(2,3)17(16-12-6-5-7-13-16)20-19-14-15-10-8-9-11-15/h5-7,12-13,15,17H,4,8-11,14H2,1-3H3. The van der Waals surface area contributed by atoms with Crippen LogP contribution in [0, 0.1) is 11.3 Å². The van der Waals surface area contributed by atoms with Crippen molar-refractivity contribution >= 4 is 0 Å². The molecule has 1 aliphatic rings. The van der Waals surface area contributed by atoms with Crippen molar-refractivity contribution in [3.63, 3.8) is 0 Å². The first-order valence-corrected chi connectivity index (χ1v) is 7.96. The highest BCUT2D eigenvalue weighted by molar-refractivity contribution is 5.19. The maximum Gasteiger partial charge on any atom is 0.123 e. The summed E-state index contributed by atoms with van der Waals surface area (Å²) >= 11 is 0. The Morgan fingerprint density at radius 3 is 2.40 bits per heavy atom. The van der Waals surface area contributed by atoms with Gasteiger partial charge in [-0.2, -0.15) is 0 Å². The van der Waals surface area contributed by atoms with Crippen molar-refractivity contribution < 1.29 is 9.78 Å². The van der Waals surface area contributed by atoms with E-state index >= 15 is 0 Å². The van der Waals surface area contributed by atoms with Crippen LogP contribution in [-0.4, -0.2) is 6.61 Å².